The molecular formula is C16H16Cl2N2O4S. The number of aliphatic carboxylic acids is 1. The molecule has 0 bridgehead atoms. The summed E-state index contributed by atoms with van der Waals surface area (Å²) in [6, 6.07) is 3.76. The molecule has 2 N–H and O–H groups in total. The fourth-order valence-corrected chi connectivity index (χ4v) is 4.91. The van der Waals surface area contributed by atoms with Gasteiger partial charge in [-0.2, -0.15) is 0 Å². The number of nitrogens with one attached hydrogen (secondary N) is 1. The van der Waals surface area contributed by atoms with Crippen LogP contribution in [0.15, 0.2) is 29.3 Å². The molecule has 9 heteroatoms. The fourth-order valence-electron chi connectivity index (χ4n) is 3.16. The van der Waals surface area contributed by atoms with Crippen LogP contribution in [-0.2, 0) is 14.8 Å². The fraction of sp³-hybridized carbons (Fsp3) is 0.375. The normalized spacial score (nSPS) is 21.4. The number of aromatic nitrogens is 1. The smallest absolute Gasteiger partial charge is 0.308 e. The van der Waals surface area contributed by atoms with Crippen molar-refractivity contribution in [2.75, 3.05) is 0 Å². The molecule has 0 amide bonds. The number of rotatable bonds is 4. The quantitative estimate of drug-likeness (QED) is 0.763. The maximum absolute atomic E-state index is 12.7. The van der Waals surface area contributed by atoms with Crippen molar-refractivity contribution in [3.05, 3.63) is 34.6 Å². The Bertz CT molecular complexity index is 933. The van der Waals surface area contributed by atoms with Crippen molar-refractivity contribution in [1.82, 2.24) is 9.71 Å². The largest absolute Gasteiger partial charge is 0.481 e. The minimum absolute atomic E-state index is 0.000629. The van der Waals surface area contributed by atoms with Gasteiger partial charge in [-0.3, -0.25) is 4.79 Å². The van der Waals surface area contributed by atoms with Crippen LogP contribution >= 0.6 is 23.2 Å². The van der Waals surface area contributed by atoms with Crippen LogP contribution in [-0.4, -0.2) is 30.5 Å². The first-order chi connectivity index (χ1) is 11.8. The molecule has 0 radical (unpaired) electrons. The van der Waals surface area contributed by atoms with E-state index in [9.17, 15) is 18.3 Å². The number of sulfonamides is 1. The number of hydrogen-bond acceptors (Lipinski definition) is 4. The Morgan fingerprint density at radius 3 is 2.64 bits per heavy atom. The minimum atomic E-state index is -3.89. The van der Waals surface area contributed by atoms with Crippen LogP contribution in [0.3, 0.4) is 0 Å². The van der Waals surface area contributed by atoms with Crippen molar-refractivity contribution in [3.63, 3.8) is 0 Å². The Kier molecular flexibility index (Phi) is 5.20. The van der Waals surface area contributed by atoms with Crippen LogP contribution in [0.25, 0.3) is 10.8 Å². The first-order valence-electron chi connectivity index (χ1n) is 7.78. The van der Waals surface area contributed by atoms with Crippen molar-refractivity contribution < 1.29 is 18.3 Å². The second kappa shape index (κ2) is 7.07. The van der Waals surface area contributed by atoms with Crippen molar-refractivity contribution in [3.8, 4) is 0 Å². The number of benzene rings is 1. The summed E-state index contributed by atoms with van der Waals surface area (Å²) in [5, 5.41) is 10.9. The summed E-state index contributed by atoms with van der Waals surface area (Å²) in [5.74, 6) is -1.70. The third-order valence-electron chi connectivity index (χ3n) is 4.46. The maximum atomic E-state index is 12.7. The van der Waals surface area contributed by atoms with E-state index in [1.165, 1.54) is 18.3 Å². The van der Waals surface area contributed by atoms with E-state index in [0.717, 1.165) is 12.8 Å². The highest BCUT2D eigenvalue weighted by Crippen LogP contribution is 2.31. The van der Waals surface area contributed by atoms with Crippen LogP contribution < -0.4 is 4.72 Å². The lowest BCUT2D eigenvalue weighted by atomic mass is 9.85. The summed E-state index contributed by atoms with van der Waals surface area (Å²) in [5.41, 5.74) is 0. The van der Waals surface area contributed by atoms with Gasteiger partial charge in [-0.25, -0.2) is 18.1 Å². The zero-order chi connectivity index (χ0) is 18.2. The molecule has 2 atom stereocenters. The predicted molar refractivity (Wildman–Crippen MR) is 95.5 cm³/mol. The number of carbonyl (C=O) groups is 1. The second-order valence-electron chi connectivity index (χ2n) is 6.06. The Morgan fingerprint density at radius 1 is 1.20 bits per heavy atom. The van der Waals surface area contributed by atoms with Gasteiger partial charge in [0.25, 0.3) is 0 Å². The summed E-state index contributed by atoms with van der Waals surface area (Å²) < 4.78 is 28.0. The lowest BCUT2D eigenvalue weighted by molar-refractivity contribution is -0.143. The molecule has 6 nitrogen and oxygen atoms in total. The van der Waals surface area contributed by atoms with Gasteiger partial charge < -0.3 is 5.11 Å². The zero-order valence-corrected chi connectivity index (χ0v) is 15.4. The van der Waals surface area contributed by atoms with Crippen molar-refractivity contribution >= 4 is 50.0 Å². The van der Waals surface area contributed by atoms with Crippen molar-refractivity contribution in [2.45, 2.75) is 36.6 Å². The SMILES string of the molecule is O=C(O)C1CCCCC1NS(=O)(=O)c1ccc2c(Cl)cnc(Cl)c2c1. The maximum Gasteiger partial charge on any atom is 0.308 e. The summed E-state index contributed by atoms with van der Waals surface area (Å²) >= 11 is 12.1. The van der Waals surface area contributed by atoms with Crippen LogP contribution in [0, 0.1) is 5.92 Å². The molecule has 1 aromatic carbocycles. The molecule has 2 aromatic rings. The molecule has 0 aliphatic heterocycles. The molecule has 2 unspecified atom stereocenters. The lowest BCUT2D eigenvalue weighted by Crippen LogP contribution is -2.44. The molecule has 134 valence electrons. The Morgan fingerprint density at radius 2 is 1.92 bits per heavy atom. The molecule has 1 aliphatic rings. The van der Waals surface area contributed by atoms with Gasteiger partial charge in [0.05, 0.1) is 15.8 Å². The second-order valence-corrected chi connectivity index (χ2v) is 8.54. The molecule has 1 aromatic heterocycles. The number of carboxylic acid groups (broad SMARTS) is 1. The van der Waals surface area contributed by atoms with E-state index in [1.807, 2.05) is 0 Å². The monoisotopic (exact) mass is 402 g/mol. The van der Waals surface area contributed by atoms with E-state index >= 15 is 0 Å². The van der Waals surface area contributed by atoms with E-state index < -0.39 is 28.0 Å². The number of pyridine rings is 1. The summed E-state index contributed by atoms with van der Waals surface area (Å²) in [6.07, 6.45) is 3.94. The van der Waals surface area contributed by atoms with Crippen LogP contribution in [0.5, 0.6) is 0 Å². The van der Waals surface area contributed by atoms with Gasteiger partial charge in [0.1, 0.15) is 5.15 Å². The molecule has 1 heterocycles. The third kappa shape index (κ3) is 3.74. The van der Waals surface area contributed by atoms with Gasteiger partial charge in [0.2, 0.25) is 10.0 Å². The molecular weight excluding hydrogens is 387 g/mol. The Hall–Kier alpha value is -1.41. The molecule has 1 fully saturated rings. The van der Waals surface area contributed by atoms with E-state index in [-0.39, 0.29) is 10.0 Å². The number of fused-ring (bicyclic) bond motifs is 1. The number of hydrogen-bond donors (Lipinski definition) is 2. The first-order valence-corrected chi connectivity index (χ1v) is 10.0. The molecule has 0 spiro atoms. The number of halogens is 2. The summed E-state index contributed by atoms with van der Waals surface area (Å²) in [4.78, 5) is 15.3. The predicted octanol–water partition coefficient (Wildman–Crippen LogP) is 3.46. The molecule has 0 saturated heterocycles. The minimum Gasteiger partial charge on any atom is -0.481 e. The molecule has 25 heavy (non-hydrogen) atoms. The van der Waals surface area contributed by atoms with Gasteiger partial charge in [-0.05, 0) is 25.0 Å². The number of carboxylic acids is 1. The van der Waals surface area contributed by atoms with Gasteiger partial charge >= 0.3 is 5.97 Å². The topological polar surface area (TPSA) is 96.4 Å². The highest BCUT2D eigenvalue weighted by Gasteiger charge is 2.34. The first kappa shape index (κ1) is 18.4. The Balaban J connectivity index is 1.95. The van der Waals surface area contributed by atoms with Crippen molar-refractivity contribution in [2.24, 2.45) is 5.92 Å². The van der Waals surface area contributed by atoms with E-state index in [4.69, 9.17) is 23.2 Å². The molecule has 3 rings (SSSR count). The van der Waals surface area contributed by atoms with Crippen LogP contribution in [0.2, 0.25) is 10.2 Å². The molecule has 1 aliphatic carbocycles. The zero-order valence-electron chi connectivity index (χ0n) is 13.1. The Labute approximate surface area is 155 Å². The van der Waals surface area contributed by atoms with Gasteiger partial charge in [0.15, 0.2) is 0 Å². The standard InChI is InChI=1S/C16H16Cl2N2O4S/c17-13-8-19-15(18)12-7-9(5-6-10(12)13)25(23,24)20-14-4-2-1-3-11(14)16(21)22/h5-8,11,14,20H,1-4H2,(H,21,22). The van der Waals surface area contributed by atoms with Crippen LogP contribution in [0.1, 0.15) is 25.7 Å². The average molecular weight is 403 g/mol. The van der Waals surface area contributed by atoms with Crippen molar-refractivity contribution in [1.29, 1.82) is 0 Å². The van der Waals surface area contributed by atoms with E-state index in [1.54, 1.807) is 6.07 Å². The highest BCUT2D eigenvalue weighted by atomic mass is 35.5. The van der Waals surface area contributed by atoms with E-state index in [0.29, 0.717) is 28.6 Å². The molecule has 1 saturated carbocycles. The van der Waals surface area contributed by atoms with Gasteiger partial charge in [-0.15, -0.1) is 0 Å². The van der Waals surface area contributed by atoms with E-state index in [2.05, 4.69) is 9.71 Å². The van der Waals surface area contributed by atoms with Crippen LogP contribution in [0.4, 0.5) is 0 Å². The lowest BCUT2D eigenvalue weighted by Gasteiger charge is -2.29. The third-order valence-corrected chi connectivity index (χ3v) is 6.55. The van der Waals surface area contributed by atoms with Gasteiger partial charge in [-0.1, -0.05) is 42.1 Å². The summed E-state index contributed by atoms with van der Waals surface area (Å²) in [6.45, 7) is 0. The highest BCUT2D eigenvalue weighted by molar-refractivity contribution is 7.89. The van der Waals surface area contributed by atoms with Gasteiger partial charge in [0, 0.05) is 23.0 Å². The number of nitrogens with zero attached hydrogens (tertiary/aromatic N) is 1. The summed E-state index contributed by atoms with van der Waals surface area (Å²) in [7, 11) is -3.89. The average Bonchev–Trinajstić information content (AvgIpc) is 2.58.